The van der Waals surface area contributed by atoms with Gasteiger partial charge in [0.05, 0.1) is 0 Å². The van der Waals surface area contributed by atoms with Crippen LogP contribution in [0, 0.1) is 6.92 Å². The molecule has 0 bridgehead atoms. The maximum atomic E-state index is 4.22. The van der Waals surface area contributed by atoms with Gasteiger partial charge in [0, 0.05) is 0 Å². The minimum absolute atomic E-state index is 0.0515. The van der Waals surface area contributed by atoms with Gasteiger partial charge < -0.3 is 0 Å². The molecule has 0 heterocycles. The van der Waals surface area contributed by atoms with Crippen molar-refractivity contribution in [1.82, 2.24) is 4.90 Å². The van der Waals surface area contributed by atoms with Crippen molar-refractivity contribution in [3.05, 3.63) is 40.5 Å². The van der Waals surface area contributed by atoms with Gasteiger partial charge in [-0.1, -0.05) is 18.2 Å². The smallest absolute Gasteiger partial charge is 0.127 e. The fraction of sp³-hybridized carbons (Fsp3) is 0.400. The van der Waals surface area contributed by atoms with Crippen molar-refractivity contribution in [2.24, 2.45) is 4.99 Å². The van der Waals surface area contributed by atoms with Crippen molar-refractivity contribution < 1.29 is 0 Å². The number of hydrogen-bond acceptors (Lipinski definition) is 2. The van der Waals surface area contributed by atoms with Gasteiger partial charge in [0.1, 0.15) is 6.17 Å². The molecule has 90 valence electrons. The highest BCUT2D eigenvalue weighted by Gasteiger charge is 2.16. The largest absolute Gasteiger partial charge is 0.284 e. The second-order valence-corrected chi connectivity index (χ2v) is 4.87. The summed E-state index contributed by atoms with van der Waals surface area (Å²) in [5, 5.41) is 0. The van der Waals surface area contributed by atoms with Crippen molar-refractivity contribution in [3.8, 4) is 0 Å². The fourth-order valence-corrected chi connectivity index (χ4v) is 2.44. The zero-order valence-electron chi connectivity index (χ0n) is 10.9. The molecule has 0 saturated carbocycles. The second kappa shape index (κ2) is 4.84. The maximum absolute atomic E-state index is 4.22. The van der Waals surface area contributed by atoms with Crippen LogP contribution in [0.25, 0.3) is 6.08 Å². The molecule has 0 amide bonds. The molecule has 1 aromatic carbocycles. The molecule has 2 rings (SSSR count). The predicted molar refractivity (Wildman–Crippen MR) is 74.5 cm³/mol. The predicted octanol–water partition coefficient (Wildman–Crippen LogP) is 3.22. The lowest BCUT2D eigenvalue weighted by Gasteiger charge is -2.24. The average molecular weight is 228 g/mol. The van der Waals surface area contributed by atoms with E-state index in [0.717, 1.165) is 12.8 Å². The van der Waals surface area contributed by atoms with E-state index in [-0.39, 0.29) is 6.17 Å². The number of allylic oxidation sites excluding steroid dienone is 1. The molecule has 0 fully saturated rings. The Morgan fingerprint density at radius 2 is 2.12 bits per heavy atom. The molecule has 0 spiro atoms. The van der Waals surface area contributed by atoms with Gasteiger partial charge in [0.25, 0.3) is 0 Å². The molecule has 1 aliphatic rings. The lowest BCUT2D eigenvalue weighted by Crippen LogP contribution is -2.19. The van der Waals surface area contributed by atoms with Crippen LogP contribution in [-0.2, 0) is 6.42 Å². The summed E-state index contributed by atoms with van der Waals surface area (Å²) in [4.78, 5) is 6.31. The first kappa shape index (κ1) is 12.1. The third kappa shape index (κ3) is 2.32. The molecule has 1 aliphatic carbocycles. The highest BCUT2D eigenvalue weighted by atomic mass is 15.2. The molecule has 0 saturated heterocycles. The molecule has 1 unspecified atom stereocenters. The van der Waals surface area contributed by atoms with Crippen molar-refractivity contribution in [3.63, 3.8) is 0 Å². The molecule has 0 aliphatic heterocycles. The molecule has 2 nitrogen and oxygen atoms in total. The van der Waals surface area contributed by atoms with E-state index >= 15 is 0 Å². The van der Waals surface area contributed by atoms with Crippen LogP contribution in [0.4, 0.5) is 0 Å². The summed E-state index contributed by atoms with van der Waals surface area (Å²) < 4.78 is 0. The van der Waals surface area contributed by atoms with Crippen LogP contribution in [0.2, 0.25) is 0 Å². The summed E-state index contributed by atoms with van der Waals surface area (Å²) in [6, 6.07) is 4.56. The van der Waals surface area contributed by atoms with E-state index < -0.39 is 0 Å². The Balaban J connectivity index is 2.48. The summed E-state index contributed by atoms with van der Waals surface area (Å²) in [6.45, 7) is 5.86. The molecule has 1 atom stereocenters. The van der Waals surface area contributed by atoms with Gasteiger partial charge in [0.15, 0.2) is 0 Å². The van der Waals surface area contributed by atoms with E-state index in [2.05, 4.69) is 47.8 Å². The van der Waals surface area contributed by atoms with Gasteiger partial charge >= 0.3 is 0 Å². The van der Waals surface area contributed by atoms with Crippen LogP contribution in [0.3, 0.4) is 0 Å². The molecule has 2 heteroatoms. The Bertz CT molecular complexity index is 458. The Morgan fingerprint density at radius 3 is 2.76 bits per heavy atom. The number of benzene rings is 1. The summed E-state index contributed by atoms with van der Waals surface area (Å²) in [5.41, 5.74) is 5.36. The number of hydrogen-bond donors (Lipinski definition) is 0. The molecule has 17 heavy (non-hydrogen) atoms. The lowest BCUT2D eigenvalue weighted by molar-refractivity contribution is 0.310. The number of aryl methyl sites for hydroxylation is 2. The van der Waals surface area contributed by atoms with Crippen LogP contribution < -0.4 is 0 Å². The Labute approximate surface area is 104 Å². The Kier molecular flexibility index (Phi) is 3.43. The zero-order chi connectivity index (χ0) is 12.4. The van der Waals surface area contributed by atoms with E-state index in [9.17, 15) is 0 Å². The summed E-state index contributed by atoms with van der Waals surface area (Å²) in [6.07, 6.45) is 6.82. The van der Waals surface area contributed by atoms with Gasteiger partial charge in [-0.2, -0.15) is 0 Å². The van der Waals surface area contributed by atoms with Crippen LogP contribution in [0.5, 0.6) is 0 Å². The number of nitrogens with zero attached hydrogens (tertiary/aromatic N) is 2. The minimum Gasteiger partial charge on any atom is -0.284 e. The lowest BCUT2D eigenvalue weighted by atomic mass is 9.91. The van der Waals surface area contributed by atoms with Crippen molar-refractivity contribution in [2.75, 3.05) is 14.1 Å². The van der Waals surface area contributed by atoms with Gasteiger partial charge in [-0.3, -0.25) is 9.89 Å². The Morgan fingerprint density at radius 1 is 1.35 bits per heavy atom. The maximum Gasteiger partial charge on any atom is 0.127 e. The van der Waals surface area contributed by atoms with Crippen molar-refractivity contribution in [2.45, 2.75) is 25.9 Å². The average Bonchev–Trinajstić information content (AvgIpc) is 2.30. The van der Waals surface area contributed by atoms with E-state index in [1.54, 1.807) is 0 Å². The van der Waals surface area contributed by atoms with Gasteiger partial charge in [-0.05, 0) is 68.9 Å². The number of fused-ring (bicyclic) bond motifs is 1. The van der Waals surface area contributed by atoms with Crippen LogP contribution >= 0.6 is 0 Å². The van der Waals surface area contributed by atoms with Crippen LogP contribution in [-0.4, -0.2) is 25.7 Å². The standard InChI is InChI=1S/C15H20N2/c1-11-9-12-7-5-6-8-13(12)10-14(11)15(16-2)17(3)4/h6,8-10,15H,2,5,7H2,1,3-4H3. The summed E-state index contributed by atoms with van der Waals surface area (Å²) in [7, 11) is 4.07. The van der Waals surface area contributed by atoms with Gasteiger partial charge in [-0.25, -0.2) is 0 Å². The fourth-order valence-electron chi connectivity index (χ4n) is 2.44. The van der Waals surface area contributed by atoms with Crippen LogP contribution in [0.1, 0.15) is 34.8 Å². The summed E-state index contributed by atoms with van der Waals surface area (Å²) in [5.74, 6) is 0. The molecule has 0 radical (unpaired) electrons. The van der Waals surface area contributed by atoms with E-state index in [1.807, 2.05) is 14.1 Å². The second-order valence-electron chi connectivity index (χ2n) is 4.87. The Hall–Kier alpha value is -1.41. The quantitative estimate of drug-likeness (QED) is 0.725. The minimum atomic E-state index is 0.0515. The highest BCUT2D eigenvalue weighted by Crippen LogP contribution is 2.29. The first-order chi connectivity index (χ1) is 8.13. The third-order valence-electron chi connectivity index (χ3n) is 3.35. The molecular weight excluding hydrogens is 208 g/mol. The van der Waals surface area contributed by atoms with Gasteiger partial charge in [0.2, 0.25) is 0 Å². The molecular formula is C15H20N2. The first-order valence-corrected chi connectivity index (χ1v) is 6.05. The van der Waals surface area contributed by atoms with E-state index in [1.165, 1.54) is 22.3 Å². The van der Waals surface area contributed by atoms with Crippen molar-refractivity contribution >= 4 is 12.8 Å². The van der Waals surface area contributed by atoms with Gasteiger partial charge in [-0.15, -0.1) is 0 Å². The highest BCUT2D eigenvalue weighted by molar-refractivity contribution is 5.59. The first-order valence-electron chi connectivity index (χ1n) is 6.05. The number of rotatable bonds is 3. The van der Waals surface area contributed by atoms with E-state index in [0.29, 0.717) is 0 Å². The third-order valence-corrected chi connectivity index (χ3v) is 3.35. The summed E-state index contributed by atoms with van der Waals surface area (Å²) >= 11 is 0. The molecule has 0 N–H and O–H groups in total. The monoisotopic (exact) mass is 228 g/mol. The zero-order valence-corrected chi connectivity index (χ0v) is 10.9. The topological polar surface area (TPSA) is 15.6 Å². The van der Waals surface area contributed by atoms with Crippen molar-refractivity contribution in [1.29, 1.82) is 0 Å². The van der Waals surface area contributed by atoms with E-state index in [4.69, 9.17) is 0 Å². The SMILES string of the molecule is C=NC(c1cc2c(cc1C)CCC=C2)N(C)C. The molecule has 0 aromatic heterocycles. The number of aliphatic imine (C=N–C) groups is 1. The normalized spacial score (nSPS) is 15.8. The molecule has 1 aromatic rings. The van der Waals surface area contributed by atoms with Crippen LogP contribution in [0.15, 0.2) is 23.2 Å².